The Morgan fingerprint density at radius 2 is 2.00 bits per heavy atom. The Kier molecular flexibility index (Phi) is 3.34. The first-order valence-corrected chi connectivity index (χ1v) is 6.84. The molecule has 0 amide bonds. The third-order valence-electron chi connectivity index (χ3n) is 3.12. The lowest BCUT2D eigenvalue weighted by Crippen LogP contribution is -2.20. The lowest BCUT2D eigenvalue weighted by atomic mass is 10.2. The second-order valence-corrected chi connectivity index (χ2v) is 5.19. The summed E-state index contributed by atoms with van der Waals surface area (Å²) >= 11 is 11.4. The summed E-state index contributed by atoms with van der Waals surface area (Å²) in [6, 6.07) is 13.8. The van der Waals surface area contributed by atoms with Crippen molar-refractivity contribution < 1.29 is 0 Å². The highest BCUT2D eigenvalue weighted by molar-refractivity contribution is 7.71. The third kappa shape index (κ3) is 2.25. The molecule has 0 atom stereocenters. The standard InChI is InChI=1S/C15H8ClN3OS/c16-11-7-9(8-17)5-6-13(11)19-14(20)10-3-1-2-4-12(10)18-15(19)21/h1-7H,(H,18,21). The minimum atomic E-state index is -0.249. The number of nitriles is 1. The summed E-state index contributed by atoms with van der Waals surface area (Å²) in [5.74, 6) is 0. The molecule has 1 N–H and O–H groups in total. The zero-order valence-electron chi connectivity index (χ0n) is 10.6. The van der Waals surface area contributed by atoms with Crippen LogP contribution in [0.15, 0.2) is 47.3 Å². The molecule has 1 heterocycles. The summed E-state index contributed by atoms with van der Waals surface area (Å²) in [6.07, 6.45) is 0. The van der Waals surface area contributed by atoms with Crippen LogP contribution in [0.1, 0.15) is 5.56 Å². The van der Waals surface area contributed by atoms with Crippen LogP contribution in [-0.4, -0.2) is 9.55 Å². The fourth-order valence-corrected chi connectivity index (χ4v) is 2.70. The zero-order chi connectivity index (χ0) is 15.0. The molecule has 0 saturated carbocycles. The minimum absolute atomic E-state index is 0.249. The van der Waals surface area contributed by atoms with Crippen molar-refractivity contribution in [2.45, 2.75) is 0 Å². The topological polar surface area (TPSA) is 61.6 Å². The van der Waals surface area contributed by atoms with Crippen molar-refractivity contribution in [3.8, 4) is 11.8 Å². The van der Waals surface area contributed by atoms with E-state index in [-0.39, 0.29) is 10.3 Å². The highest BCUT2D eigenvalue weighted by atomic mass is 35.5. The number of aromatic nitrogens is 2. The van der Waals surface area contributed by atoms with Gasteiger partial charge < -0.3 is 4.98 Å². The monoisotopic (exact) mass is 313 g/mol. The van der Waals surface area contributed by atoms with Crippen LogP contribution >= 0.6 is 23.8 Å². The number of rotatable bonds is 1. The van der Waals surface area contributed by atoms with E-state index in [1.54, 1.807) is 30.3 Å². The number of hydrogen-bond acceptors (Lipinski definition) is 3. The summed E-state index contributed by atoms with van der Waals surface area (Å²) in [5, 5.41) is 9.69. The van der Waals surface area contributed by atoms with E-state index in [2.05, 4.69) is 4.98 Å². The SMILES string of the molecule is N#Cc1ccc(-n2c(=S)[nH]c3ccccc3c2=O)c(Cl)c1. The van der Waals surface area contributed by atoms with Gasteiger partial charge in [0.15, 0.2) is 4.77 Å². The van der Waals surface area contributed by atoms with E-state index in [1.807, 2.05) is 12.1 Å². The van der Waals surface area contributed by atoms with Crippen LogP contribution in [0.3, 0.4) is 0 Å². The molecular formula is C15H8ClN3OS. The van der Waals surface area contributed by atoms with E-state index in [9.17, 15) is 4.79 Å². The van der Waals surface area contributed by atoms with Crippen LogP contribution in [-0.2, 0) is 0 Å². The first-order valence-electron chi connectivity index (χ1n) is 6.06. The van der Waals surface area contributed by atoms with E-state index >= 15 is 0 Å². The van der Waals surface area contributed by atoms with Gasteiger partial charge in [-0.05, 0) is 42.5 Å². The molecule has 0 aliphatic carbocycles. The molecule has 2 aromatic carbocycles. The van der Waals surface area contributed by atoms with E-state index in [0.717, 1.165) is 0 Å². The first kappa shape index (κ1) is 13.6. The molecule has 0 bridgehead atoms. The molecule has 102 valence electrons. The minimum Gasteiger partial charge on any atom is -0.331 e. The highest BCUT2D eigenvalue weighted by Crippen LogP contribution is 2.21. The second kappa shape index (κ2) is 5.17. The maximum absolute atomic E-state index is 12.6. The zero-order valence-corrected chi connectivity index (χ0v) is 12.2. The Morgan fingerprint density at radius 1 is 1.24 bits per heavy atom. The molecule has 0 aliphatic rings. The second-order valence-electron chi connectivity index (χ2n) is 4.39. The molecule has 0 radical (unpaired) electrons. The van der Waals surface area contributed by atoms with Crippen molar-refractivity contribution in [2.24, 2.45) is 0 Å². The van der Waals surface area contributed by atoms with Gasteiger partial charge in [0.2, 0.25) is 0 Å². The van der Waals surface area contributed by atoms with Crippen molar-refractivity contribution in [3.05, 3.63) is 68.2 Å². The number of nitrogens with one attached hydrogen (secondary N) is 1. The summed E-state index contributed by atoms with van der Waals surface area (Å²) in [6.45, 7) is 0. The number of fused-ring (bicyclic) bond motifs is 1. The summed E-state index contributed by atoms with van der Waals surface area (Å²) in [7, 11) is 0. The van der Waals surface area contributed by atoms with E-state index in [1.165, 1.54) is 10.6 Å². The predicted molar refractivity (Wildman–Crippen MR) is 84.5 cm³/mol. The number of aromatic amines is 1. The van der Waals surface area contributed by atoms with Crippen LogP contribution in [0.4, 0.5) is 0 Å². The Hall–Kier alpha value is -2.42. The Morgan fingerprint density at radius 3 is 2.71 bits per heavy atom. The number of nitrogens with zero attached hydrogens (tertiary/aromatic N) is 2. The van der Waals surface area contributed by atoms with Gasteiger partial charge in [-0.3, -0.25) is 9.36 Å². The van der Waals surface area contributed by atoms with Crippen LogP contribution < -0.4 is 5.56 Å². The van der Waals surface area contributed by atoms with Gasteiger partial charge in [-0.2, -0.15) is 5.26 Å². The van der Waals surface area contributed by atoms with E-state index < -0.39 is 0 Å². The maximum Gasteiger partial charge on any atom is 0.266 e. The van der Waals surface area contributed by atoms with Gasteiger partial charge in [-0.15, -0.1) is 0 Å². The highest BCUT2D eigenvalue weighted by Gasteiger charge is 2.10. The smallest absolute Gasteiger partial charge is 0.266 e. The first-order chi connectivity index (χ1) is 10.1. The van der Waals surface area contributed by atoms with Crippen LogP contribution in [0, 0.1) is 16.1 Å². The van der Waals surface area contributed by atoms with Gasteiger partial charge >= 0.3 is 0 Å². The number of hydrogen-bond donors (Lipinski definition) is 1. The average molecular weight is 314 g/mol. The molecule has 3 rings (SSSR count). The molecule has 0 spiro atoms. The average Bonchev–Trinajstić information content (AvgIpc) is 2.48. The molecule has 0 aliphatic heterocycles. The largest absolute Gasteiger partial charge is 0.331 e. The van der Waals surface area contributed by atoms with E-state index in [0.29, 0.717) is 27.2 Å². The molecule has 3 aromatic rings. The molecule has 21 heavy (non-hydrogen) atoms. The number of para-hydroxylation sites is 1. The van der Waals surface area contributed by atoms with Gasteiger partial charge in [0, 0.05) is 0 Å². The van der Waals surface area contributed by atoms with Gasteiger partial charge in [0.05, 0.1) is 33.2 Å². The van der Waals surface area contributed by atoms with Gasteiger partial charge in [-0.25, -0.2) is 0 Å². The maximum atomic E-state index is 12.6. The summed E-state index contributed by atoms with van der Waals surface area (Å²) in [5.41, 5.74) is 1.30. The molecule has 6 heteroatoms. The van der Waals surface area contributed by atoms with Gasteiger partial charge in [0.1, 0.15) is 0 Å². The fourth-order valence-electron chi connectivity index (χ4n) is 2.14. The van der Waals surface area contributed by atoms with Crippen molar-refractivity contribution >= 4 is 34.7 Å². The predicted octanol–water partition coefficient (Wildman–Crippen LogP) is 3.57. The van der Waals surface area contributed by atoms with Gasteiger partial charge in [0.25, 0.3) is 5.56 Å². The van der Waals surface area contributed by atoms with Crippen LogP contribution in [0.25, 0.3) is 16.6 Å². The summed E-state index contributed by atoms with van der Waals surface area (Å²) in [4.78, 5) is 15.6. The van der Waals surface area contributed by atoms with Crippen molar-refractivity contribution in [2.75, 3.05) is 0 Å². The van der Waals surface area contributed by atoms with Gasteiger partial charge in [-0.1, -0.05) is 23.7 Å². The fraction of sp³-hybridized carbons (Fsp3) is 0. The molecule has 0 unspecified atom stereocenters. The van der Waals surface area contributed by atoms with Crippen molar-refractivity contribution in [1.29, 1.82) is 5.26 Å². The van der Waals surface area contributed by atoms with Crippen LogP contribution in [0.2, 0.25) is 5.02 Å². The number of halogens is 1. The normalized spacial score (nSPS) is 10.5. The Balaban J connectivity index is 2.39. The molecule has 0 fully saturated rings. The molecular weight excluding hydrogens is 306 g/mol. The van der Waals surface area contributed by atoms with Crippen molar-refractivity contribution in [1.82, 2.24) is 9.55 Å². The third-order valence-corrected chi connectivity index (χ3v) is 3.71. The lowest BCUT2D eigenvalue weighted by Gasteiger charge is -2.09. The summed E-state index contributed by atoms with van der Waals surface area (Å²) < 4.78 is 1.59. The lowest BCUT2D eigenvalue weighted by molar-refractivity contribution is 0.940. The molecule has 1 aromatic heterocycles. The van der Waals surface area contributed by atoms with Crippen molar-refractivity contribution in [3.63, 3.8) is 0 Å². The molecule has 0 saturated heterocycles. The molecule has 4 nitrogen and oxygen atoms in total. The quantitative estimate of drug-likeness (QED) is 0.699. The Bertz CT molecular complexity index is 1010. The van der Waals surface area contributed by atoms with E-state index in [4.69, 9.17) is 29.1 Å². The Labute approximate surface area is 129 Å². The number of benzene rings is 2. The van der Waals surface area contributed by atoms with Crippen LogP contribution in [0.5, 0.6) is 0 Å². The number of H-pyrrole nitrogens is 1.